The molecule has 7 heteroatoms. The van der Waals surface area contributed by atoms with Crippen LogP contribution in [0.1, 0.15) is 34.9 Å². The van der Waals surface area contributed by atoms with Crippen LogP contribution in [0.4, 0.5) is 10.2 Å². The maximum Gasteiger partial charge on any atom is 0.253 e. The maximum atomic E-state index is 13.1. The Labute approximate surface area is 173 Å². The molecular formula is C22H20ClFN4O. The third kappa shape index (κ3) is 3.65. The van der Waals surface area contributed by atoms with Gasteiger partial charge < -0.3 is 9.80 Å². The summed E-state index contributed by atoms with van der Waals surface area (Å²) in [5.74, 6) is 1.84. The molecule has 3 aromatic rings. The zero-order valence-corrected chi connectivity index (χ0v) is 16.6. The number of hydrogen-bond acceptors (Lipinski definition) is 4. The number of rotatable bonds is 3. The van der Waals surface area contributed by atoms with Crippen LogP contribution < -0.4 is 4.90 Å². The third-order valence-electron chi connectivity index (χ3n) is 5.56. The standard InChI is InChI=1S/C22H20ClFN4O/c23-16-5-8-18-19(13-16)25-20(14-1-2-14)26-21(18)27-9-11-28(12-10-27)22(29)15-3-6-17(24)7-4-15/h3-8,13-14H,1-2,9-12H2. The van der Waals surface area contributed by atoms with E-state index >= 15 is 0 Å². The van der Waals surface area contributed by atoms with Crippen LogP contribution in [0.5, 0.6) is 0 Å². The molecular weight excluding hydrogens is 391 g/mol. The normalized spacial score (nSPS) is 17.0. The fourth-order valence-corrected chi connectivity index (χ4v) is 3.93. The summed E-state index contributed by atoms with van der Waals surface area (Å²) in [5, 5.41) is 1.65. The molecule has 29 heavy (non-hydrogen) atoms. The summed E-state index contributed by atoms with van der Waals surface area (Å²) in [6.07, 6.45) is 2.26. The number of anilines is 1. The lowest BCUT2D eigenvalue weighted by Gasteiger charge is -2.36. The molecule has 0 spiro atoms. The molecule has 1 saturated carbocycles. The van der Waals surface area contributed by atoms with Crippen LogP contribution in [0.15, 0.2) is 42.5 Å². The minimum Gasteiger partial charge on any atom is -0.352 e. The molecule has 2 fully saturated rings. The highest BCUT2D eigenvalue weighted by atomic mass is 35.5. The molecule has 0 atom stereocenters. The first-order valence-electron chi connectivity index (χ1n) is 9.85. The molecule has 148 valence electrons. The third-order valence-corrected chi connectivity index (χ3v) is 5.79. The summed E-state index contributed by atoms with van der Waals surface area (Å²) in [7, 11) is 0. The molecule has 2 aliphatic rings. The van der Waals surface area contributed by atoms with Gasteiger partial charge in [0.15, 0.2) is 0 Å². The van der Waals surface area contributed by atoms with Crippen LogP contribution >= 0.6 is 11.6 Å². The number of nitrogens with zero attached hydrogens (tertiary/aromatic N) is 4. The van der Waals surface area contributed by atoms with E-state index in [1.807, 2.05) is 23.1 Å². The van der Waals surface area contributed by atoms with Crippen LogP contribution in [-0.4, -0.2) is 47.0 Å². The molecule has 1 aliphatic heterocycles. The highest BCUT2D eigenvalue weighted by Crippen LogP contribution is 2.40. The van der Waals surface area contributed by atoms with Gasteiger partial charge in [-0.3, -0.25) is 4.79 Å². The van der Waals surface area contributed by atoms with Crippen LogP contribution in [-0.2, 0) is 0 Å². The number of carbonyl (C=O) groups is 1. The number of piperazine rings is 1. The van der Waals surface area contributed by atoms with E-state index in [-0.39, 0.29) is 11.7 Å². The molecule has 1 aliphatic carbocycles. The average Bonchev–Trinajstić information content (AvgIpc) is 3.58. The zero-order valence-electron chi connectivity index (χ0n) is 15.8. The predicted octanol–water partition coefficient (Wildman–Crippen LogP) is 4.26. The van der Waals surface area contributed by atoms with Crippen molar-refractivity contribution in [1.29, 1.82) is 0 Å². The molecule has 0 N–H and O–H groups in total. The summed E-state index contributed by atoms with van der Waals surface area (Å²) < 4.78 is 13.1. The Balaban J connectivity index is 1.38. The van der Waals surface area contributed by atoms with E-state index in [0.717, 1.165) is 35.4 Å². The monoisotopic (exact) mass is 410 g/mol. The summed E-state index contributed by atoms with van der Waals surface area (Å²) >= 11 is 6.18. The maximum absolute atomic E-state index is 13.1. The van der Waals surface area contributed by atoms with Crippen molar-refractivity contribution in [2.45, 2.75) is 18.8 Å². The second kappa shape index (κ2) is 7.26. The Morgan fingerprint density at radius 2 is 1.72 bits per heavy atom. The van der Waals surface area contributed by atoms with Crippen molar-refractivity contribution >= 4 is 34.2 Å². The SMILES string of the molecule is O=C(c1ccc(F)cc1)N1CCN(c2nc(C3CC3)nc3cc(Cl)ccc23)CC1. The number of benzene rings is 2. The van der Waals surface area contributed by atoms with E-state index in [9.17, 15) is 9.18 Å². The smallest absolute Gasteiger partial charge is 0.253 e. The van der Waals surface area contributed by atoms with E-state index < -0.39 is 0 Å². The Hall–Kier alpha value is -2.73. The Morgan fingerprint density at radius 1 is 1.00 bits per heavy atom. The molecule has 5 nitrogen and oxygen atoms in total. The van der Waals surface area contributed by atoms with Gasteiger partial charge in [-0.05, 0) is 55.3 Å². The number of amides is 1. The first-order chi connectivity index (χ1) is 14.1. The molecule has 0 unspecified atom stereocenters. The van der Waals surface area contributed by atoms with Crippen LogP contribution in [0.25, 0.3) is 10.9 Å². The van der Waals surface area contributed by atoms with E-state index in [4.69, 9.17) is 21.6 Å². The van der Waals surface area contributed by atoms with E-state index in [1.165, 1.54) is 24.3 Å². The minimum atomic E-state index is -0.339. The molecule has 2 heterocycles. The second-order valence-corrected chi connectivity index (χ2v) is 8.06. The highest BCUT2D eigenvalue weighted by Gasteiger charge is 2.30. The topological polar surface area (TPSA) is 49.3 Å². The fourth-order valence-electron chi connectivity index (χ4n) is 3.77. The van der Waals surface area contributed by atoms with Gasteiger partial charge in [0.05, 0.1) is 5.52 Å². The van der Waals surface area contributed by atoms with Crippen molar-refractivity contribution in [3.05, 3.63) is 64.7 Å². The summed E-state index contributed by atoms with van der Waals surface area (Å²) in [4.78, 5) is 26.3. The van der Waals surface area contributed by atoms with Gasteiger partial charge in [-0.15, -0.1) is 0 Å². The molecule has 5 rings (SSSR count). The van der Waals surface area contributed by atoms with Crippen molar-refractivity contribution in [3.63, 3.8) is 0 Å². The molecule has 1 aromatic heterocycles. The molecule has 1 amide bonds. The largest absolute Gasteiger partial charge is 0.352 e. The lowest BCUT2D eigenvalue weighted by atomic mass is 10.1. The quantitative estimate of drug-likeness (QED) is 0.647. The van der Waals surface area contributed by atoms with Gasteiger partial charge >= 0.3 is 0 Å². The van der Waals surface area contributed by atoms with Crippen molar-refractivity contribution in [1.82, 2.24) is 14.9 Å². The fraction of sp³-hybridized carbons (Fsp3) is 0.318. The summed E-state index contributed by atoms with van der Waals surface area (Å²) in [6, 6.07) is 11.4. The van der Waals surface area contributed by atoms with E-state index in [1.54, 1.807) is 0 Å². The average molecular weight is 411 g/mol. The Bertz CT molecular complexity index is 1080. The zero-order chi connectivity index (χ0) is 20.0. The van der Waals surface area contributed by atoms with Gasteiger partial charge in [-0.2, -0.15) is 0 Å². The second-order valence-electron chi connectivity index (χ2n) is 7.63. The van der Waals surface area contributed by atoms with E-state index in [2.05, 4.69) is 4.90 Å². The Kier molecular flexibility index (Phi) is 4.59. The van der Waals surface area contributed by atoms with Crippen LogP contribution in [0.2, 0.25) is 5.02 Å². The molecule has 0 radical (unpaired) electrons. The van der Waals surface area contributed by atoms with Gasteiger partial charge in [0.25, 0.3) is 5.91 Å². The van der Waals surface area contributed by atoms with Crippen molar-refractivity contribution in [3.8, 4) is 0 Å². The van der Waals surface area contributed by atoms with Gasteiger partial charge in [-0.1, -0.05) is 11.6 Å². The van der Waals surface area contributed by atoms with Gasteiger partial charge in [0.2, 0.25) is 0 Å². The van der Waals surface area contributed by atoms with Crippen molar-refractivity contribution < 1.29 is 9.18 Å². The predicted molar refractivity (Wildman–Crippen MR) is 111 cm³/mol. The highest BCUT2D eigenvalue weighted by molar-refractivity contribution is 6.31. The van der Waals surface area contributed by atoms with Crippen LogP contribution in [0.3, 0.4) is 0 Å². The first-order valence-corrected chi connectivity index (χ1v) is 10.2. The first kappa shape index (κ1) is 18.3. The lowest BCUT2D eigenvalue weighted by molar-refractivity contribution is 0.0746. The van der Waals surface area contributed by atoms with Gasteiger partial charge in [0.1, 0.15) is 17.5 Å². The Morgan fingerprint density at radius 3 is 2.41 bits per heavy atom. The minimum absolute atomic E-state index is 0.0670. The molecule has 2 aromatic carbocycles. The number of halogens is 2. The number of aromatic nitrogens is 2. The van der Waals surface area contributed by atoms with Crippen molar-refractivity contribution in [2.24, 2.45) is 0 Å². The van der Waals surface area contributed by atoms with Gasteiger partial charge in [-0.25, -0.2) is 14.4 Å². The van der Waals surface area contributed by atoms with E-state index in [0.29, 0.717) is 42.7 Å². The lowest BCUT2D eigenvalue weighted by Crippen LogP contribution is -2.49. The summed E-state index contributed by atoms with van der Waals surface area (Å²) in [6.45, 7) is 2.56. The number of hydrogen-bond donors (Lipinski definition) is 0. The number of carbonyl (C=O) groups excluding carboxylic acids is 1. The molecule has 1 saturated heterocycles. The van der Waals surface area contributed by atoms with Gasteiger partial charge in [0, 0.05) is 48.1 Å². The van der Waals surface area contributed by atoms with Crippen LogP contribution in [0, 0.1) is 5.82 Å². The summed E-state index contributed by atoms with van der Waals surface area (Å²) in [5.41, 5.74) is 1.38. The van der Waals surface area contributed by atoms with Crippen molar-refractivity contribution in [2.75, 3.05) is 31.1 Å². The molecule has 0 bridgehead atoms. The number of fused-ring (bicyclic) bond motifs is 1.